The van der Waals surface area contributed by atoms with Gasteiger partial charge >= 0.3 is 0 Å². The lowest BCUT2D eigenvalue weighted by Gasteiger charge is -2.50. The van der Waals surface area contributed by atoms with E-state index >= 15 is 4.79 Å². The van der Waals surface area contributed by atoms with Crippen molar-refractivity contribution in [3.8, 4) is 5.75 Å². The largest absolute Gasteiger partial charge is 0.507 e. The fraction of sp³-hybridized carbons (Fsp3) is 0.220. The van der Waals surface area contributed by atoms with E-state index in [4.69, 9.17) is 11.6 Å². The number of nitrogens with zero attached hydrogens (tertiary/aromatic N) is 2. The van der Waals surface area contributed by atoms with Gasteiger partial charge < -0.3 is 5.11 Å². The number of aromatic hydroxyl groups is 1. The Bertz CT molecular complexity index is 2080. The van der Waals surface area contributed by atoms with Crippen LogP contribution >= 0.6 is 11.6 Å². The third-order valence-electron chi connectivity index (χ3n) is 11.0. The van der Waals surface area contributed by atoms with Gasteiger partial charge in [-0.3, -0.25) is 24.1 Å². The minimum absolute atomic E-state index is 0.0197. The zero-order valence-electron chi connectivity index (χ0n) is 26.5. The second-order valence-corrected chi connectivity index (χ2v) is 13.7. The first kappa shape index (κ1) is 31.0. The number of hydrogen-bond donors (Lipinski definition) is 1. The van der Waals surface area contributed by atoms with Crippen molar-refractivity contribution >= 4 is 46.6 Å². The average molecular weight is 669 g/mol. The van der Waals surface area contributed by atoms with Crippen LogP contribution in [0.3, 0.4) is 0 Å². The van der Waals surface area contributed by atoms with E-state index in [1.165, 1.54) is 9.80 Å². The van der Waals surface area contributed by atoms with Crippen LogP contribution in [-0.2, 0) is 31.0 Å². The van der Waals surface area contributed by atoms with Crippen LogP contribution in [0, 0.1) is 23.7 Å². The molecular formula is C41H33ClN2O5. The van der Waals surface area contributed by atoms with Gasteiger partial charge in [0.05, 0.1) is 34.5 Å². The predicted molar refractivity (Wildman–Crippen MR) is 187 cm³/mol. The van der Waals surface area contributed by atoms with Gasteiger partial charge in [0, 0.05) is 16.5 Å². The van der Waals surface area contributed by atoms with Crippen molar-refractivity contribution in [2.45, 2.75) is 30.6 Å². The van der Waals surface area contributed by atoms with Gasteiger partial charge in [0.1, 0.15) is 5.75 Å². The molecule has 244 valence electrons. The lowest BCUT2D eigenvalue weighted by molar-refractivity contribution is -0.127. The standard InChI is InChI=1S/C41H33ClN2O5/c1-2-11-24-12-9-19-31(36(24)45)35-29-20-21-30-34(39(48)43(37(30)46)27-16-7-4-8-17-27)32(29)23-33-38(47)44(28-18-10-15-26(42)22-28)40(49)41(33,35)25-13-5-3-6-14-25/h2-10,12-20,22,30,32-35,45H,1,11,21,23H2. The van der Waals surface area contributed by atoms with Crippen molar-refractivity contribution in [2.75, 3.05) is 9.80 Å². The number of fused-ring (bicyclic) bond motifs is 4. The minimum Gasteiger partial charge on any atom is -0.507 e. The van der Waals surface area contributed by atoms with Gasteiger partial charge in [-0.2, -0.15) is 0 Å². The summed E-state index contributed by atoms with van der Waals surface area (Å²) in [5, 5.41) is 12.3. The first-order valence-electron chi connectivity index (χ1n) is 16.5. The van der Waals surface area contributed by atoms with E-state index in [-0.39, 0.29) is 24.0 Å². The van der Waals surface area contributed by atoms with Crippen molar-refractivity contribution in [1.29, 1.82) is 0 Å². The van der Waals surface area contributed by atoms with E-state index in [0.717, 1.165) is 5.57 Å². The van der Waals surface area contributed by atoms with Crippen molar-refractivity contribution < 1.29 is 24.3 Å². The third-order valence-corrected chi connectivity index (χ3v) is 11.2. The zero-order valence-corrected chi connectivity index (χ0v) is 27.3. The maximum Gasteiger partial charge on any atom is 0.246 e. The van der Waals surface area contributed by atoms with Gasteiger partial charge in [0.25, 0.3) is 0 Å². The molecule has 8 heteroatoms. The molecule has 2 aliphatic heterocycles. The highest BCUT2D eigenvalue weighted by molar-refractivity contribution is 6.32. The summed E-state index contributed by atoms with van der Waals surface area (Å²) in [6, 6.07) is 30.3. The monoisotopic (exact) mass is 668 g/mol. The molecule has 7 nitrogen and oxygen atoms in total. The molecule has 4 aromatic rings. The Kier molecular flexibility index (Phi) is 7.41. The van der Waals surface area contributed by atoms with Gasteiger partial charge in [-0.1, -0.05) is 102 Å². The molecule has 3 fully saturated rings. The molecule has 2 saturated heterocycles. The number of para-hydroxylation sites is 2. The molecule has 4 aliphatic rings. The molecule has 1 N–H and O–H groups in total. The zero-order chi connectivity index (χ0) is 34.0. The Morgan fingerprint density at radius 1 is 0.796 bits per heavy atom. The smallest absolute Gasteiger partial charge is 0.246 e. The summed E-state index contributed by atoms with van der Waals surface area (Å²) in [7, 11) is 0. The number of imide groups is 2. The second-order valence-electron chi connectivity index (χ2n) is 13.3. The third kappa shape index (κ3) is 4.41. The van der Waals surface area contributed by atoms with Crippen LogP contribution in [0.4, 0.5) is 11.4 Å². The number of phenolic OH excluding ortho intramolecular Hbond substituents is 1. The van der Waals surface area contributed by atoms with Crippen LogP contribution in [0.5, 0.6) is 5.75 Å². The van der Waals surface area contributed by atoms with E-state index < -0.39 is 46.8 Å². The van der Waals surface area contributed by atoms with Crippen LogP contribution in [0.2, 0.25) is 5.02 Å². The average Bonchev–Trinajstić information content (AvgIpc) is 3.51. The molecule has 49 heavy (non-hydrogen) atoms. The number of halogens is 1. The SMILES string of the molecule is C=CCc1cccc(C2C3=CCC4C(=O)N(c5ccccc5)C(=O)C4C3CC3C(=O)N(c4cccc(Cl)c4)C(=O)C32c2ccccc2)c1O. The van der Waals surface area contributed by atoms with Gasteiger partial charge in [-0.05, 0) is 66.6 Å². The second kappa shape index (κ2) is 11.7. The summed E-state index contributed by atoms with van der Waals surface area (Å²) in [4.78, 5) is 61.1. The molecule has 2 heterocycles. The van der Waals surface area contributed by atoms with E-state index in [2.05, 4.69) is 6.58 Å². The molecule has 0 bridgehead atoms. The number of phenols is 1. The molecule has 4 aromatic carbocycles. The highest BCUT2D eigenvalue weighted by atomic mass is 35.5. The number of carbonyl (C=O) groups is 4. The van der Waals surface area contributed by atoms with Gasteiger partial charge in [0.15, 0.2) is 0 Å². The van der Waals surface area contributed by atoms with Gasteiger partial charge in [-0.25, -0.2) is 4.90 Å². The maximum atomic E-state index is 15.4. The van der Waals surface area contributed by atoms with Crippen molar-refractivity contribution in [1.82, 2.24) is 0 Å². The van der Waals surface area contributed by atoms with Crippen LogP contribution in [0.1, 0.15) is 35.4 Å². The fourth-order valence-electron chi connectivity index (χ4n) is 9.08. The Morgan fingerprint density at radius 3 is 2.20 bits per heavy atom. The minimum atomic E-state index is -1.47. The lowest BCUT2D eigenvalue weighted by atomic mass is 9.49. The Balaban J connectivity index is 1.38. The van der Waals surface area contributed by atoms with E-state index in [0.29, 0.717) is 45.9 Å². The van der Waals surface area contributed by atoms with Crippen LogP contribution in [0.15, 0.2) is 127 Å². The van der Waals surface area contributed by atoms with Crippen LogP contribution in [0.25, 0.3) is 0 Å². The summed E-state index contributed by atoms with van der Waals surface area (Å²) in [6.45, 7) is 3.86. The van der Waals surface area contributed by atoms with Crippen molar-refractivity contribution in [3.63, 3.8) is 0 Å². The first-order chi connectivity index (χ1) is 23.8. The predicted octanol–water partition coefficient (Wildman–Crippen LogP) is 7.14. The summed E-state index contributed by atoms with van der Waals surface area (Å²) in [5.74, 6) is -4.98. The lowest BCUT2D eigenvalue weighted by Crippen LogP contribution is -2.53. The van der Waals surface area contributed by atoms with Crippen LogP contribution in [-0.4, -0.2) is 28.7 Å². The molecule has 2 aliphatic carbocycles. The topological polar surface area (TPSA) is 95.0 Å². The van der Waals surface area contributed by atoms with E-state index in [1.54, 1.807) is 60.7 Å². The molecule has 6 unspecified atom stereocenters. The summed E-state index contributed by atoms with van der Waals surface area (Å²) in [6.07, 6.45) is 4.56. The normalized spacial score (nSPS) is 27.4. The van der Waals surface area contributed by atoms with Crippen molar-refractivity contribution in [2.24, 2.45) is 23.7 Å². The number of amides is 4. The molecule has 6 atom stereocenters. The van der Waals surface area contributed by atoms with Crippen LogP contribution < -0.4 is 9.80 Å². The maximum absolute atomic E-state index is 15.4. The molecular weight excluding hydrogens is 636 g/mol. The molecule has 4 amide bonds. The van der Waals surface area contributed by atoms with Crippen molar-refractivity contribution in [3.05, 3.63) is 149 Å². The summed E-state index contributed by atoms with van der Waals surface area (Å²) >= 11 is 6.40. The Morgan fingerprint density at radius 2 is 1.49 bits per heavy atom. The highest BCUT2D eigenvalue weighted by Crippen LogP contribution is 2.65. The number of hydrogen-bond acceptors (Lipinski definition) is 5. The first-order valence-corrected chi connectivity index (χ1v) is 16.9. The highest BCUT2D eigenvalue weighted by Gasteiger charge is 2.70. The molecule has 0 radical (unpaired) electrons. The number of rotatable bonds is 6. The summed E-state index contributed by atoms with van der Waals surface area (Å²) < 4.78 is 0. The number of allylic oxidation sites excluding steroid dienone is 3. The number of anilines is 2. The molecule has 1 saturated carbocycles. The quantitative estimate of drug-likeness (QED) is 0.174. The number of benzene rings is 4. The molecule has 0 spiro atoms. The Hall–Kier alpha value is -5.27. The molecule has 8 rings (SSSR count). The Labute approximate surface area is 289 Å². The van der Waals surface area contributed by atoms with Gasteiger partial charge in [0.2, 0.25) is 23.6 Å². The van der Waals surface area contributed by atoms with Gasteiger partial charge in [-0.15, -0.1) is 6.58 Å². The molecule has 0 aromatic heterocycles. The summed E-state index contributed by atoms with van der Waals surface area (Å²) in [5.41, 5.74) is 1.95. The van der Waals surface area contributed by atoms with E-state index in [1.807, 2.05) is 54.6 Å². The van der Waals surface area contributed by atoms with E-state index in [9.17, 15) is 19.5 Å². The number of carbonyl (C=O) groups excluding carboxylic acids is 4. The fourth-order valence-corrected chi connectivity index (χ4v) is 9.27.